The zero-order valence-electron chi connectivity index (χ0n) is 17.6. The Morgan fingerprint density at radius 3 is 2.39 bits per heavy atom. The largest absolute Gasteiger partial charge is 0.321 e. The molecule has 33 heavy (non-hydrogen) atoms. The average molecular weight is 531 g/mol. The van der Waals surface area contributed by atoms with Crippen LogP contribution >= 0.6 is 15.9 Å². The molecule has 0 bridgehead atoms. The summed E-state index contributed by atoms with van der Waals surface area (Å²) >= 11 is 3.33. The number of amides is 1. The molecule has 170 valence electrons. The summed E-state index contributed by atoms with van der Waals surface area (Å²) < 4.78 is 31.7. The third kappa shape index (κ3) is 5.62. The number of hydrogen-bond donors (Lipinski definition) is 2. The molecule has 0 fully saturated rings. The number of halogens is 1. The second kappa shape index (κ2) is 9.11. The van der Waals surface area contributed by atoms with Crippen molar-refractivity contribution in [3.05, 3.63) is 76.5 Å². The van der Waals surface area contributed by atoms with Crippen molar-refractivity contribution < 1.29 is 13.2 Å². The van der Waals surface area contributed by atoms with Gasteiger partial charge in [-0.1, -0.05) is 0 Å². The number of rotatable bonds is 7. The smallest absolute Gasteiger partial charge is 0.276 e. The minimum atomic E-state index is -3.88. The maximum atomic E-state index is 12.6. The first-order valence-corrected chi connectivity index (χ1v) is 11.9. The van der Waals surface area contributed by atoms with E-state index in [9.17, 15) is 13.2 Å². The Morgan fingerprint density at radius 2 is 1.76 bits per heavy atom. The number of aromatic nitrogens is 6. The highest BCUT2D eigenvalue weighted by Gasteiger charge is 2.17. The van der Waals surface area contributed by atoms with Gasteiger partial charge in [0.1, 0.15) is 6.67 Å². The summed E-state index contributed by atoms with van der Waals surface area (Å²) in [7, 11) is -3.88. The van der Waals surface area contributed by atoms with Gasteiger partial charge in [-0.2, -0.15) is 10.2 Å². The van der Waals surface area contributed by atoms with Gasteiger partial charge in [0.2, 0.25) is 5.95 Å². The number of nitrogens with one attached hydrogen (secondary N) is 2. The van der Waals surface area contributed by atoms with E-state index in [0.717, 1.165) is 4.47 Å². The van der Waals surface area contributed by atoms with Crippen LogP contribution in [0.4, 0.5) is 11.6 Å². The number of carbonyl (C=O) groups excluding carboxylic acids is 1. The van der Waals surface area contributed by atoms with E-state index < -0.39 is 15.9 Å². The highest BCUT2D eigenvalue weighted by molar-refractivity contribution is 9.10. The maximum absolute atomic E-state index is 12.6. The number of benzene rings is 1. The monoisotopic (exact) mass is 530 g/mol. The van der Waals surface area contributed by atoms with E-state index in [0.29, 0.717) is 23.7 Å². The Hall–Kier alpha value is -3.58. The number of nitrogens with zero attached hydrogens (tertiary/aromatic N) is 6. The molecular formula is C20H19BrN8O3S. The van der Waals surface area contributed by atoms with Crippen molar-refractivity contribution in [1.82, 2.24) is 29.5 Å². The lowest BCUT2D eigenvalue weighted by molar-refractivity contribution is 0.102. The third-order valence-corrected chi connectivity index (χ3v) is 6.15. The van der Waals surface area contributed by atoms with Crippen molar-refractivity contribution in [1.29, 1.82) is 0 Å². The van der Waals surface area contributed by atoms with Gasteiger partial charge < -0.3 is 5.32 Å². The zero-order chi connectivity index (χ0) is 23.6. The zero-order valence-corrected chi connectivity index (χ0v) is 20.0. The van der Waals surface area contributed by atoms with Gasteiger partial charge in [-0.05, 0) is 66.2 Å². The van der Waals surface area contributed by atoms with Crippen LogP contribution in [0.25, 0.3) is 0 Å². The van der Waals surface area contributed by atoms with Crippen LogP contribution in [0.5, 0.6) is 0 Å². The lowest BCUT2D eigenvalue weighted by Gasteiger charge is -2.09. The molecule has 1 aromatic carbocycles. The Morgan fingerprint density at radius 1 is 1.06 bits per heavy atom. The SMILES string of the molecule is Cc1cc(C)nc(NS(=O)(=O)c2ccc(NC(=O)c3ccn(Cn4cc(Br)cn4)n3)cc2)n1. The molecule has 3 aromatic heterocycles. The van der Waals surface area contributed by atoms with E-state index in [-0.39, 0.29) is 16.5 Å². The van der Waals surface area contributed by atoms with E-state index in [1.807, 2.05) is 0 Å². The van der Waals surface area contributed by atoms with Gasteiger partial charge in [-0.3, -0.25) is 9.48 Å². The van der Waals surface area contributed by atoms with Crippen LogP contribution in [-0.2, 0) is 16.7 Å². The highest BCUT2D eigenvalue weighted by Crippen LogP contribution is 2.17. The summed E-state index contributed by atoms with van der Waals surface area (Å²) in [5.74, 6) is -0.421. The standard InChI is InChI=1S/C20H19BrN8O3S/c1-13-9-14(2)24-20(23-13)27-33(31,32)17-5-3-16(4-6-17)25-19(30)18-7-8-28(26-18)12-29-11-15(21)10-22-29/h3-11H,12H2,1-2H3,(H,25,30)(H,23,24,27). The fraction of sp³-hybridized carbons (Fsp3) is 0.150. The highest BCUT2D eigenvalue weighted by atomic mass is 79.9. The van der Waals surface area contributed by atoms with Crippen molar-refractivity contribution in [3.63, 3.8) is 0 Å². The van der Waals surface area contributed by atoms with E-state index in [1.165, 1.54) is 24.3 Å². The minimum Gasteiger partial charge on any atom is -0.321 e. The van der Waals surface area contributed by atoms with E-state index in [2.05, 4.69) is 46.1 Å². The third-order valence-electron chi connectivity index (χ3n) is 4.40. The van der Waals surface area contributed by atoms with Crippen molar-refractivity contribution >= 4 is 43.5 Å². The van der Waals surface area contributed by atoms with E-state index in [1.54, 1.807) is 53.9 Å². The second-order valence-corrected chi connectivity index (χ2v) is 9.74. The molecule has 0 saturated carbocycles. The summed E-state index contributed by atoms with van der Waals surface area (Å²) in [6, 6.07) is 9.08. The average Bonchev–Trinajstić information content (AvgIpc) is 3.36. The molecule has 0 atom stereocenters. The van der Waals surface area contributed by atoms with Crippen LogP contribution in [0.2, 0.25) is 0 Å². The molecule has 0 aliphatic carbocycles. The van der Waals surface area contributed by atoms with Gasteiger partial charge in [0.15, 0.2) is 5.69 Å². The molecule has 11 nitrogen and oxygen atoms in total. The number of anilines is 2. The molecule has 0 aliphatic heterocycles. The van der Waals surface area contributed by atoms with Gasteiger partial charge in [0, 0.05) is 29.5 Å². The number of sulfonamides is 1. The fourth-order valence-electron chi connectivity index (χ4n) is 2.99. The van der Waals surface area contributed by atoms with Crippen molar-refractivity contribution in [2.45, 2.75) is 25.4 Å². The summed E-state index contributed by atoms with van der Waals surface area (Å²) in [6.45, 7) is 3.86. The van der Waals surface area contributed by atoms with Crippen LogP contribution in [0.3, 0.4) is 0 Å². The van der Waals surface area contributed by atoms with Gasteiger partial charge in [0.05, 0.1) is 15.6 Å². The quantitative estimate of drug-likeness (QED) is 0.374. The summed E-state index contributed by atoms with van der Waals surface area (Å²) in [5.41, 5.74) is 1.94. The first-order valence-electron chi connectivity index (χ1n) is 9.66. The lowest BCUT2D eigenvalue weighted by atomic mass is 10.3. The number of hydrogen-bond acceptors (Lipinski definition) is 7. The van der Waals surface area contributed by atoms with Gasteiger partial charge >= 0.3 is 0 Å². The first-order chi connectivity index (χ1) is 15.7. The predicted molar refractivity (Wildman–Crippen MR) is 124 cm³/mol. The molecular weight excluding hydrogens is 512 g/mol. The van der Waals surface area contributed by atoms with Crippen LogP contribution in [0, 0.1) is 13.8 Å². The van der Waals surface area contributed by atoms with Crippen molar-refractivity contribution in [2.24, 2.45) is 0 Å². The fourth-order valence-corrected chi connectivity index (χ4v) is 4.26. The normalized spacial score (nSPS) is 11.4. The Kier molecular flexibility index (Phi) is 6.24. The van der Waals surface area contributed by atoms with Crippen LogP contribution in [0.15, 0.2) is 64.4 Å². The molecule has 4 aromatic rings. The molecule has 0 aliphatic rings. The first kappa shape index (κ1) is 22.6. The summed E-state index contributed by atoms with van der Waals surface area (Å²) in [4.78, 5) is 20.7. The molecule has 13 heteroatoms. The summed E-state index contributed by atoms with van der Waals surface area (Å²) in [6.07, 6.45) is 5.12. The van der Waals surface area contributed by atoms with Gasteiger partial charge in [0.25, 0.3) is 15.9 Å². The maximum Gasteiger partial charge on any atom is 0.276 e. The second-order valence-electron chi connectivity index (χ2n) is 7.14. The molecule has 2 N–H and O–H groups in total. The van der Waals surface area contributed by atoms with Gasteiger partial charge in [-0.25, -0.2) is 27.8 Å². The molecule has 0 spiro atoms. The predicted octanol–water partition coefficient (Wildman–Crippen LogP) is 2.81. The molecule has 0 saturated heterocycles. The Labute approximate surface area is 198 Å². The number of carbonyl (C=O) groups is 1. The van der Waals surface area contributed by atoms with Crippen LogP contribution in [-0.4, -0.2) is 43.9 Å². The summed E-state index contributed by atoms with van der Waals surface area (Å²) in [5, 5.41) is 11.1. The molecule has 4 rings (SSSR count). The molecule has 3 heterocycles. The minimum absolute atomic E-state index is 0.00272. The lowest BCUT2D eigenvalue weighted by Crippen LogP contribution is -2.16. The van der Waals surface area contributed by atoms with Crippen LogP contribution in [0.1, 0.15) is 21.9 Å². The Balaban J connectivity index is 1.41. The molecule has 1 amide bonds. The number of aryl methyl sites for hydroxylation is 2. The van der Waals surface area contributed by atoms with Gasteiger partial charge in [-0.15, -0.1) is 0 Å². The molecule has 0 radical (unpaired) electrons. The van der Waals surface area contributed by atoms with Crippen LogP contribution < -0.4 is 10.0 Å². The van der Waals surface area contributed by atoms with Crippen molar-refractivity contribution in [3.8, 4) is 0 Å². The van der Waals surface area contributed by atoms with E-state index in [4.69, 9.17) is 0 Å². The van der Waals surface area contributed by atoms with E-state index >= 15 is 0 Å². The molecule has 0 unspecified atom stereocenters. The topological polar surface area (TPSA) is 137 Å². The Bertz CT molecular complexity index is 1390. The van der Waals surface area contributed by atoms with Crippen molar-refractivity contribution in [2.75, 3.05) is 10.0 Å².